The van der Waals surface area contributed by atoms with Gasteiger partial charge in [-0.3, -0.25) is 9.59 Å². The molecule has 1 aromatic rings. The Morgan fingerprint density at radius 3 is 2.50 bits per heavy atom. The van der Waals surface area contributed by atoms with Gasteiger partial charge in [0.1, 0.15) is 11.4 Å². The zero-order chi connectivity index (χ0) is 15.0. The van der Waals surface area contributed by atoms with Crippen molar-refractivity contribution in [3.63, 3.8) is 0 Å². The van der Waals surface area contributed by atoms with Crippen molar-refractivity contribution in [1.29, 1.82) is 0 Å². The second-order valence-corrected chi connectivity index (χ2v) is 4.13. The van der Waals surface area contributed by atoms with Gasteiger partial charge in [0.2, 0.25) is 0 Å². The molecule has 0 fully saturated rings. The van der Waals surface area contributed by atoms with Crippen molar-refractivity contribution >= 4 is 11.8 Å². The van der Waals surface area contributed by atoms with Crippen LogP contribution in [0.1, 0.15) is 34.8 Å². The molecule has 1 rings (SSSR count). The Bertz CT molecular complexity index is 459. The van der Waals surface area contributed by atoms with Crippen molar-refractivity contribution in [2.75, 3.05) is 33.4 Å². The van der Waals surface area contributed by atoms with E-state index in [9.17, 15) is 9.59 Å². The average molecular weight is 279 g/mol. The molecule has 1 aromatic heterocycles. The molecule has 0 aromatic carbocycles. The van der Waals surface area contributed by atoms with Gasteiger partial charge >= 0.3 is 0 Å². The lowest BCUT2D eigenvalue weighted by molar-refractivity contribution is 0.0767. The lowest BCUT2D eigenvalue weighted by Crippen LogP contribution is -2.32. The van der Waals surface area contributed by atoms with Crippen LogP contribution in [0.25, 0.3) is 0 Å². The Morgan fingerprint density at radius 2 is 1.90 bits per heavy atom. The van der Waals surface area contributed by atoms with Crippen molar-refractivity contribution in [3.05, 3.63) is 29.6 Å². The lowest BCUT2D eigenvalue weighted by atomic mass is 10.2. The molecule has 0 aliphatic heterocycles. The summed E-state index contributed by atoms with van der Waals surface area (Å²) in [5, 5.41) is 2.67. The second-order valence-electron chi connectivity index (χ2n) is 4.13. The third kappa shape index (κ3) is 4.31. The highest BCUT2D eigenvalue weighted by Gasteiger charge is 2.16. The molecule has 20 heavy (non-hydrogen) atoms. The number of aromatic nitrogens is 1. The molecule has 6 heteroatoms. The van der Waals surface area contributed by atoms with Gasteiger partial charge in [0, 0.05) is 26.7 Å². The van der Waals surface area contributed by atoms with Crippen LogP contribution >= 0.6 is 0 Å². The monoisotopic (exact) mass is 279 g/mol. The Morgan fingerprint density at radius 1 is 1.25 bits per heavy atom. The molecule has 1 heterocycles. The normalized spacial score (nSPS) is 10.2. The van der Waals surface area contributed by atoms with Crippen LogP contribution in [0, 0.1) is 0 Å². The van der Waals surface area contributed by atoms with Crippen LogP contribution in [0.5, 0.6) is 0 Å². The van der Waals surface area contributed by atoms with E-state index >= 15 is 0 Å². The fourth-order valence-electron chi connectivity index (χ4n) is 1.71. The van der Waals surface area contributed by atoms with E-state index in [2.05, 4.69) is 10.3 Å². The highest BCUT2D eigenvalue weighted by molar-refractivity contribution is 5.96. The van der Waals surface area contributed by atoms with Gasteiger partial charge in [0.25, 0.3) is 11.8 Å². The molecule has 0 radical (unpaired) electrons. The van der Waals surface area contributed by atoms with Gasteiger partial charge in [0.05, 0.1) is 6.61 Å². The van der Waals surface area contributed by atoms with Gasteiger partial charge in [0.15, 0.2) is 0 Å². The molecule has 0 aliphatic carbocycles. The molecule has 0 atom stereocenters. The first-order chi connectivity index (χ1) is 9.63. The first-order valence-corrected chi connectivity index (χ1v) is 6.67. The number of hydrogen-bond donors (Lipinski definition) is 1. The fourth-order valence-corrected chi connectivity index (χ4v) is 1.71. The summed E-state index contributed by atoms with van der Waals surface area (Å²) in [6, 6.07) is 4.86. The summed E-state index contributed by atoms with van der Waals surface area (Å²) in [6.45, 7) is 5.88. The number of amides is 2. The van der Waals surface area contributed by atoms with Crippen LogP contribution in [0.15, 0.2) is 18.2 Å². The molecule has 0 unspecified atom stereocenters. The topological polar surface area (TPSA) is 71.5 Å². The number of rotatable bonds is 7. The number of ether oxygens (including phenoxy) is 1. The van der Waals surface area contributed by atoms with E-state index in [0.29, 0.717) is 26.2 Å². The largest absolute Gasteiger partial charge is 0.383 e. The van der Waals surface area contributed by atoms with E-state index in [1.807, 2.05) is 13.8 Å². The molecular weight excluding hydrogens is 258 g/mol. The number of carbonyl (C=O) groups is 2. The number of nitrogens with one attached hydrogen (secondary N) is 1. The van der Waals surface area contributed by atoms with Gasteiger partial charge in [-0.2, -0.15) is 0 Å². The first-order valence-electron chi connectivity index (χ1n) is 6.67. The zero-order valence-corrected chi connectivity index (χ0v) is 12.2. The van der Waals surface area contributed by atoms with E-state index in [-0.39, 0.29) is 23.2 Å². The standard InChI is InChI=1S/C14H21N3O3/c1-4-17(5-2)14(19)12-8-6-7-11(16-12)13(18)15-9-10-20-3/h6-8H,4-5,9-10H2,1-3H3,(H,15,18). The molecule has 110 valence electrons. The second kappa shape index (κ2) is 8.27. The number of methoxy groups -OCH3 is 1. The van der Waals surface area contributed by atoms with Gasteiger partial charge in [-0.25, -0.2) is 4.98 Å². The highest BCUT2D eigenvalue weighted by Crippen LogP contribution is 2.04. The minimum Gasteiger partial charge on any atom is -0.383 e. The summed E-state index contributed by atoms with van der Waals surface area (Å²) >= 11 is 0. The Hall–Kier alpha value is -1.95. The summed E-state index contributed by atoms with van der Waals surface area (Å²) in [4.78, 5) is 29.8. The number of pyridine rings is 1. The molecule has 0 spiro atoms. The van der Waals surface area contributed by atoms with Gasteiger partial charge in [-0.1, -0.05) is 6.07 Å². The predicted octanol–water partition coefficient (Wildman–Crippen LogP) is 0.940. The number of carbonyl (C=O) groups excluding carboxylic acids is 2. The maximum atomic E-state index is 12.2. The highest BCUT2D eigenvalue weighted by atomic mass is 16.5. The zero-order valence-electron chi connectivity index (χ0n) is 12.2. The summed E-state index contributed by atoms with van der Waals surface area (Å²) in [5.41, 5.74) is 0.521. The molecule has 0 bridgehead atoms. The third-order valence-corrected chi connectivity index (χ3v) is 2.84. The SMILES string of the molecule is CCN(CC)C(=O)c1cccc(C(=O)NCCOC)n1. The third-order valence-electron chi connectivity index (χ3n) is 2.84. The quantitative estimate of drug-likeness (QED) is 0.754. The summed E-state index contributed by atoms with van der Waals surface area (Å²) in [6.07, 6.45) is 0. The first kappa shape index (κ1) is 16.1. The molecular formula is C14H21N3O3. The van der Waals surface area contributed by atoms with Crippen LogP contribution in [0.4, 0.5) is 0 Å². The molecule has 6 nitrogen and oxygen atoms in total. The van der Waals surface area contributed by atoms with Crippen molar-refractivity contribution in [2.24, 2.45) is 0 Å². The van der Waals surface area contributed by atoms with E-state index in [0.717, 1.165) is 0 Å². The number of nitrogens with zero attached hydrogens (tertiary/aromatic N) is 2. The molecule has 0 saturated carbocycles. The van der Waals surface area contributed by atoms with Crippen LogP contribution in [0.2, 0.25) is 0 Å². The summed E-state index contributed by atoms with van der Waals surface area (Å²) < 4.78 is 4.85. The Kier molecular flexibility index (Phi) is 6.66. The van der Waals surface area contributed by atoms with E-state index in [1.54, 1.807) is 30.2 Å². The van der Waals surface area contributed by atoms with Crippen molar-refractivity contribution < 1.29 is 14.3 Å². The fraction of sp³-hybridized carbons (Fsp3) is 0.500. The van der Waals surface area contributed by atoms with Gasteiger partial charge in [-0.15, -0.1) is 0 Å². The van der Waals surface area contributed by atoms with Crippen LogP contribution in [0.3, 0.4) is 0 Å². The van der Waals surface area contributed by atoms with Gasteiger partial charge in [-0.05, 0) is 26.0 Å². The molecule has 1 N–H and O–H groups in total. The summed E-state index contributed by atoms with van der Waals surface area (Å²) in [7, 11) is 1.56. The Labute approximate surface area is 119 Å². The molecule has 0 aliphatic rings. The van der Waals surface area contributed by atoms with Crippen LogP contribution in [-0.4, -0.2) is 55.0 Å². The molecule has 2 amide bonds. The number of hydrogen-bond acceptors (Lipinski definition) is 4. The smallest absolute Gasteiger partial charge is 0.272 e. The average Bonchev–Trinajstić information content (AvgIpc) is 2.48. The van der Waals surface area contributed by atoms with E-state index in [1.165, 1.54) is 0 Å². The lowest BCUT2D eigenvalue weighted by Gasteiger charge is -2.18. The van der Waals surface area contributed by atoms with Crippen LogP contribution in [-0.2, 0) is 4.74 Å². The maximum Gasteiger partial charge on any atom is 0.272 e. The van der Waals surface area contributed by atoms with Gasteiger partial charge < -0.3 is 15.0 Å². The summed E-state index contributed by atoms with van der Waals surface area (Å²) in [5.74, 6) is -0.474. The van der Waals surface area contributed by atoms with E-state index in [4.69, 9.17) is 4.74 Å². The minimum absolute atomic E-state index is 0.165. The maximum absolute atomic E-state index is 12.2. The van der Waals surface area contributed by atoms with Crippen molar-refractivity contribution in [3.8, 4) is 0 Å². The van der Waals surface area contributed by atoms with E-state index < -0.39 is 0 Å². The predicted molar refractivity (Wildman–Crippen MR) is 75.7 cm³/mol. The van der Waals surface area contributed by atoms with Crippen molar-refractivity contribution in [2.45, 2.75) is 13.8 Å². The van der Waals surface area contributed by atoms with Crippen LogP contribution < -0.4 is 5.32 Å². The minimum atomic E-state index is -0.309. The Balaban J connectivity index is 2.79. The molecule has 0 saturated heterocycles. The van der Waals surface area contributed by atoms with Crippen molar-refractivity contribution in [1.82, 2.24) is 15.2 Å².